The van der Waals surface area contributed by atoms with E-state index in [9.17, 15) is 9.59 Å². The molecule has 9 nitrogen and oxygen atoms in total. The molecule has 0 amide bonds. The zero-order valence-electron chi connectivity index (χ0n) is 24.6. The van der Waals surface area contributed by atoms with Crippen LogP contribution in [0.2, 0.25) is 0 Å². The molecule has 1 aliphatic heterocycles. The third-order valence-corrected chi connectivity index (χ3v) is 7.96. The number of ether oxygens (including phenoxy) is 5. The third-order valence-electron chi connectivity index (χ3n) is 6.97. The molecule has 1 aliphatic rings. The Bertz CT molecular complexity index is 1860. The monoisotopic (exact) mass is 600 g/mol. The first kappa shape index (κ1) is 29.7. The van der Waals surface area contributed by atoms with E-state index in [0.29, 0.717) is 50.2 Å². The summed E-state index contributed by atoms with van der Waals surface area (Å²) in [7, 11) is 4.66. The quantitative estimate of drug-likeness (QED) is 0.249. The van der Waals surface area contributed by atoms with E-state index in [1.165, 1.54) is 23.0 Å². The lowest BCUT2D eigenvalue weighted by molar-refractivity contribution is -0.139. The molecule has 1 aromatic heterocycles. The zero-order chi connectivity index (χ0) is 30.5. The molecule has 0 N–H and O–H groups in total. The number of rotatable bonds is 10. The average molecular weight is 601 g/mol. The standard InChI is InChI=1S/C33H32N2O7S/c1-6-41-32(37)29-20(2)34-33-35(30(29)24-14-13-23(38-3)18-26(24)39-4)31(36)28(43-33)17-22-12-15-25(27(16-22)40-5)42-19-21-10-8-7-9-11-21/h7-18,30H,6,19H2,1-5H3/t30-/m0/s1. The lowest BCUT2D eigenvalue weighted by Gasteiger charge is -2.26. The average Bonchev–Trinajstić information content (AvgIpc) is 3.33. The lowest BCUT2D eigenvalue weighted by atomic mass is 9.95. The Labute approximate surface area is 252 Å². The molecule has 222 valence electrons. The van der Waals surface area contributed by atoms with Gasteiger partial charge in [-0.3, -0.25) is 9.36 Å². The van der Waals surface area contributed by atoms with E-state index in [0.717, 1.165) is 11.1 Å². The molecule has 5 rings (SSSR count). The van der Waals surface area contributed by atoms with E-state index in [4.69, 9.17) is 23.7 Å². The number of benzene rings is 3. The highest BCUT2D eigenvalue weighted by Gasteiger charge is 2.35. The summed E-state index contributed by atoms with van der Waals surface area (Å²) in [6.07, 6.45) is 1.78. The van der Waals surface area contributed by atoms with Crippen LogP contribution in [0.5, 0.6) is 23.0 Å². The molecule has 3 aromatic carbocycles. The van der Waals surface area contributed by atoms with E-state index < -0.39 is 12.0 Å². The van der Waals surface area contributed by atoms with Crippen molar-refractivity contribution >= 4 is 23.4 Å². The minimum absolute atomic E-state index is 0.180. The van der Waals surface area contributed by atoms with Crippen molar-refractivity contribution in [2.45, 2.75) is 26.5 Å². The van der Waals surface area contributed by atoms with Gasteiger partial charge in [0.2, 0.25) is 0 Å². The summed E-state index contributed by atoms with van der Waals surface area (Å²) in [6.45, 7) is 4.05. The van der Waals surface area contributed by atoms with E-state index >= 15 is 0 Å². The number of fused-ring (bicyclic) bond motifs is 1. The predicted octanol–water partition coefficient (Wildman–Crippen LogP) is 4.40. The fraction of sp³-hybridized carbons (Fsp3) is 0.242. The third kappa shape index (κ3) is 6.05. The highest BCUT2D eigenvalue weighted by molar-refractivity contribution is 7.07. The summed E-state index contributed by atoms with van der Waals surface area (Å²) in [5, 5.41) is 0. The first-order chi connectivity index (χ1) is 20.9. The van der Waals surface area contributed by atoms with Crippen LogP contribution in [0, 0.1) is 0 Å². The van der Waals surface area contributed by atoms with Gasteiger partial charge >= 0.3 is 5.97 Å². The molecule has 0 unspecified atom stereocenters. The lowest BCUT2D eigenvalue weighted by Crippen LogP contribution is -2.40. The van der Waals surface area contributed by atoms with Crippen molar-refractivity contribution in [1.82, 2.24) is 4.57 Å². The van der Waals surface area contributed by atoms with Gasteiger partial charge in [0.15, 0.2) is 16.3 Å². The van der Waals surface area contributed by atoms with Crippen LogP contribution in [0.25, 0.3) is 6.08 Å². The maximum absolute atomic E-state index is 14.0. The van der Waals surface area contributed by atoms with Gasteiger partial charge in [-0.05, 0) is 55.3 Å². The Hall–Kier alpha value is -4.83. The van der Waals surface area contributed by atoms with Crippen LogP contribution >= 0.6 is 11.3 Å². The van der Waals surface area contributed by atoms with Crippen molar-refractivity contribution < 1.29 is 28.5 Å². The number of hydrogen-bond acceptors (Lipinski definition) is 9. The van der Waals surface area contributed by atoms with Crippen molar-refractivity contribution in [3.05, 3.63) is 114 Å². The molecule has 0 saturated carbocycles. The van der Waals surface area contributed by atoms with Crippen molar-refractivity contribution in [3.8, 4) is 23.0 Å². The van der Waals surface area contributed by atoms with Crippen LogP contribution in [0.3, 0.4) is 0 Å². The number of methoxy groups -OCH3 is 3. The molecule has 0 saturated heterocycles. The number of aromatic nitrogens is 1. The second-order valence-corrected chi connectivity index (χ2v) is 10.6. The fourth-order valence-corrected chi connectivity index (χ4v) is 5.96. The molecule has 0 bridgehead atoms. The molecule has 1 atom stereocenters. The van der Waals surface area contributed by atoms with E-state index in [2.05, 4.69) is 4.99 Å². The first-order valence-electron chi connectivity index (χ1n) is 13.6. The molecule has 4 aromatic rings. The van der Waals surface area contributed by atoms with Crippen LogP contribution in [0.15, 0.2) is 87.8 Å². The minimum atomic E-state index is -0.818. The molecule has 10 heteroatoms. The van der Waals surface area contributed by atoms with Gasteiger partial charge in [0.05, 0.1) is 43.7 Å². The van der Waals surface area contributed by atoms with E-state index in [-0.39, 0.29) is 17.7 Å². The number of allylic oxidation sites excluding steroid dienone is 1. The first-order valence-corrected chi connectivity index (χ1v) is 14.5. The molecular formula is C33H32N2O7S. The smallest absolute Gasteiger partial charge is 0.338 e. The zero-order valence-corrected chi connectivity index (χ0v) is 25.4. The predicted molar refractivity (Wildman–Crippen MR) is 164 cm³/mol. The Kier molecular flexibility index (Phi) is 8.96. The summed E-state index contributed by atoms with van der Waals surface area (Å²) in [6, 6.07) is 19.8. The van der Waals surface area contributed by atoms with Crippen LogP contribution in [-0.4, -0.2) is 38.5 Å². The van der Waals surface area contributed by atoms with Crippen molar-refractivity contribution in [2.75, 3.05) is 27.9 Å². The van der Waals surface area contributed by atoms with Gasteiger partial charge in [0.25, 0.3) is 5.56 Å². The Morgan fingerprint density at radius 2 is 1.72 bits per heavy atom. The number of carbonyl (C=O) groups excluding carboxylic acids is 1. The minimum Gasteiger partial charge on any atom is -0.497 e. The van der Waals surface area contributed by atoms with Gasteiger partial charge in [-0.25, -0.2) is 9.79 Å². The maximum atomic E-state index is 14.0. The van der Waals surface area contributed by atoms with E-state index in [1.54, 1.807) is 52.3 Å². The summed E-state index contributed by atoms with van der Waals surface area (Å²) in [5.74, 6) is 1.63. The van der Waals surface area contributed by atoms with Gasteiger partial charge in [-0.2, -0.15) is 0 Å². The topological polar surface area (TPSA) is 97.6 Å². The van der Waals surface area contributed by atoms with Crippen molar-refractivity contribution in [2.24, 2.45) is 4.99 Å². The molecule has 0 spiro atoms. The number of carbonyl (C=O) groups is 1. The number of esters is 1. The Morgan fingerprint density at radius 3 is 2.42 bits per heavy atom. The second kappa shape index (κ2) is 13.0. The largest absolute Gasteiger partial charge is 0.497 e. The molecular weight excluding hydrogens is 568 g/mol. The number of nitrogens with zero attached hydrogens (tertiary/aromatic N) is 2. The second-order valence-electron chi connectivity index (χ2n) is 9.59. The van der Waals surface area contributed by atoms with Crippen LogP contribution in [0.1, 0.15) is 36.6 Å². The van der Waals surface area contributed by atoms with Crippen LogP contribution < -0.4 is 33.8 Å². The summed E-state index contributed by atoms with van der Waals surface area (Å²) in [5.41, 5.74) is 2.82. The van der Waals surface area contributed by atoms with Gasteiger partial charge in [-0.15, -0.1) is 0 Å². The summed E-state index contributed by atoms with van der Waals surface area (Å²) >= 11 is 1.24. The summed E-state index contributed by atoms with van der Waals surface area (Å²) in [4.78, 5) is 32.4. The van der Waals surface area contributed by atoms with E-state index in [1.807, 2.05) is 48.5 Å². The molecule has 43 heavy (non-hydrogen) atoms. The number of hydrogen-bond donors (Lipinski definition) is 0. The fourth-order valence-electron chi connectivity index (χ4n) is 4.91. The van der Waals surface area contributed by atoms with Crippen molar-refractivity contribution in [3.63, 3.8) is 0 Å². The Balaban J connectivity index is 1.59. The van der Waals surface area contributed by atoms with Crippen LogP contribution in [-0.2, 0) is 16.1 Å². The van der Waals surface area contributed by atoms with Gasteiger partial charge in [0, 0.05) is 11.6 Å². The molecule has 0 fully saturated rings. The Morgan fingerprint density at radius 1 is 0.953 bits per heavy atom. The maximum Gasteiger partial charge on any atom is 0.338 e. The van der Waals surface area contributed by atoms with Gasteiger partial charge in [-0.1, -0.05) is 47.7 Å². The highest BCUT2D eigenvalue weighted by Crippen LogP contribution is 2.37. The molecule has 0 aliphatic carbocycles. The van der Waals surface area contributed by atoms with Gasteiger partial charge < -0.3 is 23.7 Å². The number of thiazole rings is 1. The SMILES string of the molecule is CCOC(=O)C1=C(C)N=c2sc(=Cc3ccc(OCc4ccccc4)c(OC)c3)c(=O)n2[C@H]1c1ccc(OC)cc1OC. The van der Waals surface area contributed by atoms with Crippen molar-refractivity contribution in [1.29, 1.82) is 0 Å². The highest BCUT2D eigenvalue weighted by atomic mass is 32.1. The van der Waals surface area contributed by atoms with Crippen LogP contribution in [0.4, 0.5) is 0 Å². The molecule has 2 heterocycles. The summed E-state index contributed by atoms with van der Waals surface area (Å²) < 4.78 is 30.0. The van der Waals surface area contributed by atoms with Gasteiger partial charge in [0.1, 0.15) is 24.1 Å². The normalized spacial score (nSPS) is 14.5. The molecule has 0 radical (unpaired) electrons.